The molecule has 2 aromatic rings. The van der Waals surface area contributed by atoms with Gasteiger partial charge < -0.3 is 23.7 Å². The highest BCUT2D eigenvalue weighted by Gasteiger charge is 2.12. The molecule has 28 heavy (non-hydrogen) atoms. The molecule has 0 spiro atoms. The maximum atomic E-state index is 11.2. The number of nitrogens with one attached hydrogen (secondary N) is 1. The summed E-state index contributed by atoms with van der Waals surface area (Å²) in [4.78, 5) is 11.2. The first-order valence-electron chi connectivity index (χ1n) is 8.28. The molecule has 0 saturated carbocycles. The zero-order valence-corrected chi connectivity index (χ0v) is 16.1. The van der Waals surface area contributed by atoms with Gasteiger partial charge in [-0.15, -0.1) is 0 Å². The monoisotopic (exact) mass is 389 g/mol. The summed E-state index contributed by atoms with van der Waals surface area (Å²) in [6, 6.07) is 8.93. The predicted octanol–water partition coefficient (Wildman–Crippen LogP) is 2.78. The lowest BCUT2D eigenvalue weighted by Crippen LogP contribution is -2.25. The van der Waals surface area contributed by atoms with Crippen molar-refractivity contribution in [2.45, 2.75) is 0 Å². The number of hydrogen-bond acceptors (Lipinski definition) is 7. The van der Waals surface area contributed by atoms with Gasteiger partial charge in [0.1, 0.15) is 0 Å². The summed E-state index contributed by atoms with van der Waals surface area (Å²) < 4.78 is 26.6. The second-order valence-electron chi connectivity index (χ2n) is 5.53. The SMILES string of the molecule is COc1ccc(C=Cc2cc(OC)c(OC)c(OC)c2)cc1OCC(=O)NO. The first-order valence-corrected chi connectivity index (χ1v) is 8.28. The van der Waals surface area contributed by atoms with E-state index in [1.165, 1.54) is 12.6 Å². The van der Waals surface area contributed by atoms with E-state index in [2.05, 4.69) is 0 Å². The molecule has 0 radical (unpaired) electrons. The van der Waals surface area contributed by atoms with Crippen LogP contribution in [0.4, 0.5) is 0 Å². The van der Waals surface area contributed by atoms with Gasteiger partial charge in [-0.05, 0) is 35.4 Å². The Morgan fingerprint density at radius 1 is 0.857 bits per heavy atom. The molecule has 0 atom stereocenters. The fraction of sp³-hybridized carbons (Fsp3) is 0.250. The Labute approximate surface area is 163 Å². The third-order valence-corrected chi connectivity index (χ3v) is 3.83. The number of hydrogen-bond donors (Lipinski definition) is 2. The van der Waals surface area contributed by atoms with Crippen LogP contribution in [-0.4, -0.2) is 46.2 Å². The van der Waals surface area contributed by atoms with Crippen molar-refractivity contribution in [1.82, 2.24) is 5.48 Å². The molecule has 2 rings (SSSR count). The molecule has 8 nitrogen and oxygen atoms in total. The molecule has 2 N–H and O–H groups in total. The van der Waals surface area contributed by atoms with Crippen LogP contribution >= 0.6 is 0 Å². The number of carbonyl (C=O) groups excluding carboxylic acids is 1. The number of rotatable bonds is 9. The van der Waals surface area contributed by atoms with E-state index < -0.39 is 5.91 Å². The van der Waals surface area contributed by atoms with Crippen LogP contribution in [0.5, 0.6) is 28.7 Å². The highest BCUT2D eigenvalue weighted by atomic mass is 16.5. The molecular formula is C20H23NO7. The largest absolute Gasteiger partial charge is 0.493 e. The van der Waals surface area contributed by atoms with Crippen molar-refractivity contribution >= 4 is 18.1 Å². The second-order valence-corrected chi connectivity index (χ2v) is 5.53. The Bertz CT molecular complexity index is 823. The van der Waals surface area contributed by atoms with Gasteiger partial charge in [0.25, 0.3) is 5.91 Å². The average Bonchev–Trinajstić information content (AvgIpc) is 2.74. The zero-order chi connectivity index (χ0) is 20.5. The van der Waals surface area contributed by atoms with E-state index in [-0.39, 0.29) is 6.61 Å². The normalized spacial score (nSPS) is 10.5. The van der Waals surface area contributed by atoms with Crippen LogP contribution in [0, 0.1) is 0 Å². The second kappa shape index (κ2) is 10.1. The number of benzene rings is 2. The van der Waals surface area contributed by atoms with Crippen LogP contribution in [0.25, 0.3) is 12.2 Å². The Kier molecular flexibility index (Phi) is 7.53. The van der Waals surface area contributed by atoms with E-state index in [1.807, 2.05) is 30.4 Å². The van der Waals surface area contributed by atoms with E-state index >= 15 is 0 Å². The summed E-state index contributed by atoms with van der Waals surface area (Å²) in [5.74, 6) is 1.80. The van der Waals surface area contributed by atoms with Crippen LogP contribution in [0.2, 0.25) is 0 Å². The Morgan fingerprint density at radius 3 is 1.96 bits per heavy atom. The Morgan fingerprint density at radius 2 is 1.43 bits per heavy atom. The molecule has 0 saturated heterocycles. The molecule has 0 fully saturated rings. The lowest BCUT2D eigenvalue weighted by atomic mass is 10.1. The van der Waals surface area contributed by atoms with Crippen LogP contribution in [-0.2, 0) is 4.79 Å². The minimum Gasteiger partial charge on any atom is -0.493 e. The molecule has 0 aliphatic rings. The van der Waals surface area contributed by atoms with Crippen LogP contribution in [0.1, 0.15) is 11.1 Å². The molecule has 0 heterocycles. The summed E-state index contributed by atoms with van der Waals surface area (Å²) in [7, 11) is 6.16. The first-order chi connectivity index (χ1) is 13.6. The molecule has 8 heteroatoms. The van der Waals surface area contributed by atoms with Crippen molar-refractivity contribution < 1.29 is 33.7 Å². The maximum Gasteiger partial charge on any atom is 0.281 e. The van der Waals surface area contributed by atoms with Crippen molar-refractivity contribution in [3.05, 3.63) is 41.5 Å². The summed E-state index contributed by atoms with van der Waals surface area (Å²) in [5.41, 5.74) is 3.17. The van der Waals surface area contributed by atoms with Crippen molar-refractivity contribution in [3.63, 3.8) is 0 Å². The average molecular weight is 389 g/mol. The predicted molar refractivity (Wildman–Crippen MR) is 103 cm³/mol. The number of carbonyl (C=O) groups is 1. The van der Waals surface area contributed by atoms with E-state index in [4.69, 9.17) is 28.9 Å². The van der Waals surface area contributed by atoms with Crippen molar-refractivity contribution in [1.29, 1.82) is 0 Å². The first kappa shape index (κ1) is 20.9. The summed E-state index contributed by atoms with van der Waals surface area (Å²) in [6.07, 6.45) is 3.73. The number of hydroxylamine groups is 1. The van der Waals surface area contributed by atoms with Gasteiger partial charge in [0.2, 0.25) is 5.75 Å². The lowest BCUT2D eigenvalue weighted by molar-refractivity contribution is -0.131. The molecule has 2 aromatic carbocycles. The standard InChI is InChI=1S/C20H23NO7/c1-24-15-8-7-13(9-16(15)28-12-19(22)21-23)5-6-14-10-17(25-2)20(27-4)18(11-14)26-3/h5-11,23H,12H2,1-4H3,(H,21,22). The molecule has 0 aromatic heterocycles. The van der Waals surface area contributed by atoms with Gasteiger partial charge in [0, 0.05) is 0 Å². The fourth-order valence-electron chi connectivity index (χ4n) is 2.48. The molecule has 0 aliphatic heterocycles. The maximum absolute atomic E-state index is 11.2. The summed E-state index contributed by atoms with van der Waals surface area (Å²) >= 11 is 0. The molecule has 0 aliphatic carbocycles. The molecule has 150 valence electrons. The van der Waals surface area contributed by atoms with Gasteiger partial charge in [-0.2, -0.15) is 0 Å². The summed E-state index contributed by atoms with van der Waals surface area (Å²) in [5, 5.41) is 8.58. The molecule has 0 unspecified atom stereocenters. The van der Waals surface area contributed by atoms with Crippen LogP contribution in [0.3, 0.4) is 0 Å². The Balaban J connectivity index is 2.29. The lowest BCUT2D eigenvalue weighted by Gasteiger charge is -2.13. The smallest absolute Gasteiger partial charge is 0.281 e. The quantitative estimate of drug-likeness (QED) is 0.387. The number of amides is 1. The minimum absolute atomic E-state index is 0.340. The van der Waals surface area contributed by atoms with Gasteiger partial charge in [-0.1, -0.05) is 18.2 Å². The van der Waals surface area contributed by atoms with Gasteiger partial charge in [0.05, 0.1) is 28.4 Å². The van der Waals surface area contributed by atoms with Crippen molar-refractivity contribution in [2.75, 3.05) is 35.0 Å². The number of ether oxygens (including phenoxy) is 5. The van der Waals surface area contributed by atoms with Gasteiger partial charge in [-0.25, -0.2) is 5.48 Å². The van der Waals surface area contributed by atoms with E-state index in [0.717, 1.165) is 11.1 Å². The van der Waals surface area contributed by atoms with E-state index in [1.54, 1.807) is 33.5 Å². The van der Waals surface area contributed by atoms with Crippen LogP contribution in [0.15, 0.2) is 30.3 Å². The van der Waals surface area contributed by atoms with Crippen LogP contribution < -0.4 is 29.2 Å². The van der Waals surface area contributed by atoms with E-state index in [0.29, 0.717) is 28.7 Å². The van der Waals surface area contributed by atoms with E-state index in [9.17, 15) is 4.79 Å². The van der Waals surface area contributed by atoms with Gasteiger partial charge >= 0.3 is 0 Å². The molecule has 0 bridgehead atoms. The summed E-state index contributed by atoms with van der Waals surface area (Å²) in [6.45, 7) is -0.340. The van der Waals surface area contributed by atoms with Gasteiger partial charge in [-0.3, -0.25) is 10.0 Å². The van der Waals surface area contributed by atoms with Crippen molar-refractivity contribution in [2.24, 2.45) is 0 Å². The van der Waals surface area contributed by atoms with Gasteiger partial charge in [0.15, 0.2) is 29.6 Å². The third kappa shape index (κ3) is 5.08. The molecule has 1 amide bonds. The van der Waals surface area contributed by atoms with Crippen molar-refractivity contribution in [3.8, 4) is 28.7 Å². The zero-order valence-electron chi connectivity index (χ0n) is 16.1. The third-order valence-electron chi connectivity index (χ3n) is 3.83. The fourth-order valence-corrected chi connectivity index (χ4v) is 2.48. The number of methoxy groups -OCH3 is 4. The highest BCUT2D eigenvalue weighted by Crippen LogP contribution is 2.38. The molecular weight excluding hydrogens is 366 g/mol. The Hall–Kier alpha value is -3.39. The topological polar surface area (TPSA) is 95.5 Å². The minimum atomic E-state index is -0.666. The highest BCUT2D eigenvalue weighted by molar-refractivity contribution is 5.76.